The topological polar surface area (TPSA) is 142 Å². The second-order valence-electron chi connectivity index (χ2n) is 12.2. The van der Waals surface area contributed by atoms with E-state index in [-0.39, 0.29) is 0 Å². The van der Waals surface area contributed by atoms with Crippen LogP contribution in [-0.4, -0.2) is 14.1 Å². The van der Waals surface area contributed by atoms with Crippen molar-refractivity contribution < 1.29 is 0 Å². The summed E-state index contributed by atoms with van der Waals surface area (Å²) in [6.07, 6.45) is 0. The van der Waals surface area contributed by atoms with Gasteiger partial charge in [-0.05, 0) is 92.2 Å². The normalized spacial score (nSPS) is 10.9. The maximum atomic E-state index is 10.9. The Kier molecular flexibility index (Phi) is 6.66. The number of nitrogens with zero attached hydrogens (tertiary/aromatic N) is 8. The molecule has 0 radical (unpaired) electrons. The summed E-state index contributed by atoms with van der Waals surface area (Å²) < 4.78 is 3.97. The quantitative estimate of drug-likeness (QED) is 0.189. The molecule has 0 fully saturated rings. The first-order chi connectivity index (χ1) is 24.3. The summed E-state index contributed by atoms with van der Waals surface area (Å²) in [6.45, 7) is 3.86. The number of benzene rings is 5. The molecule has 230 valence electrons. The smallest absolute Gasteiger partial charge is 0.101 e. The Hall–Kier alpha value is -7.70. The highest BCUT2D eigenvalue weighted by molar-refractivity contribution is 6.12. The van der Waals surface area contributed by atoms with E-state index in [2.05, 4.69) is 35.3 Å². The van der Waals surface area contributed by atoms with Crippen LogP contribution in [0.2, 0.25) is 0 Å². The Morgan fingerprint density at radius 1 is 0.440 bits per heavy atom. The van der Waals surface area contributed by atoms with Crippen LogP contribution in [0.4, 0.5) is 0 Å². The lowest BCUT2D eigenvalue weighted by atomic mass is 9.98. The molecule has 0 aliphatic rings. The lowest BCUT2D eigenvalue weighted by Gasteiger charge is -2.19. The van der Waals surface area contributed by atoms with Gasteiger partial charge in [-0.1, -0.05) is 24.3 Å². The Morgan fingerprint density at radius 2 is 0.820 bits per heavy atom. The van der Waals surface area contributed by atoms with Crippen molar-refractivity contribution in [2.75, 3.05) is 0 Å². The number of aromatic nitrogens is 3. The Morgan fingerprint density at radius 3 is 1.18 bits per heavy atom. The third-order valence-corrected chi connectivity index (χ3v) is 9.16. The standard InChI is InChI=1S/C42H22N8/c1-24-11-30(12-25(2)48-24)36-18-37(49-38-13-26(19-43)3-7-32(38)33-8-4-27(20-44)14-39(33)49)31(23-47)17-42(36)50-40-15-28(21-45)5-9-34(40)35-10-6-29(22-46)16-41(35)50/h3-18H,1-2H3. The second kappa shape index (κ2) is 11.2. The lowest BCUT2D eigenvalue weighted by molar-refractivity contribution is 1.11. The second-order valence-corrected chi connectivity index (χ2v) is 12.2. The fourth-order valence-electron chi connectivity index (χ4n) is 7.09. The molecule has 8 nitrogen and oxygen atoms in total. The van der Waals surface area contributed by atoms with E-state index in [1.807, 2.05) is 83.6 Å². The summed E-state index contributed by atoms with van der Waals surface area (Å²) in [7, 11) is 0. The van der Waals surface area contributed by atoms with E-state index in [1.165, 1.54) is 0 Å². The van der Waals surface area contributed by atoms with E-state index in [0.717, 1.165) is 66.1 Å². The van der Waals surface area contributed by atoms with Gasteiger partial charge in [-0.3, -0.25) is 4.98 Å². The minimum atomic E-state index is 0.345. The molecule has 0 N–H and O–H groups in total. The molecule has 0 aliphatic carbocycles. The minimum Gasteiger partial charge on any atom is -0.308 e. The van der Waals surface area contributed by atoms with E-state index >= 15 is 0 Å². The van der Waals surface area contributed by atoms with Gasteiger partial charge in [0.1, 0.15) is 6.07 Å². The molecule has 3 aromatic heterocycles. The summed E-state index contributed by atoms with van der Waals surface area (Å²) in [6, 6.07) is 41.2. The zero-order valence-corrected chi connectivity index (χ0v) is 26.8. The number of hydrogen-bond donors (Lipinski definition) is 0. The lowest BCUT2D eigenvalue weighted by Crippen LogP contribution is -2.04. The molecule has 0 saturated heterocycles. The highest BCUT2D eigenvalue weighted by atomic mass is 15.0. The SMILES string of the molecule is Cc1cc(-c2cc(-n3c4cc(C#N)ccc4c4ccc(C#N)cc43)c(C#N)cc2-n2c3cc(C#N)ccc3c3ccc(C#N)cc32)cc(C)n1. The Bertz CT molecular complexity index is 2850. The monoisotopic (exact) mass is 638 g/mol. The zero-order valence-electron chi connectivity index (χ0n) is 26.8. The molecule has 8 aromatic rings. The van der Waals surface area contributed by atoms with Gasteiger partial charge in [0.05, 0.1) is 85.5 Å². The van der Waals surface area contributed by atoms with Crippen LogP contribution in [-0.2, 0) is 0 Å². The first-order valence-electron chi connectivity index (χ1n) is 15.7. The molecule has 0 aliphatic heterocycles. The molecule has 5 aromatic carbocycles. The van der Waals surface area contributed by atoms with Crippen LogP contribution >= 0.6 is 0 Å². The molecule has 0 unspecified atom stereocenters. The average molecular weight is 639 g/mol. The number of fused-ring (bicyclic) bond motifs is 6. The van der Waals surface area contributed by atoms with Gasteiger partial charge in [-0.2, -0.15) is 26.3 Å². The van der Waals surface area contributed by atoms with Gasteiger partial charge in [-0.15, -0.1) is 0 Å². The van der Waals surface area contributed by atoms with Crippen molar-refractivity contribution in [1.29, 1.82) is 26.3 Å². The van der Waals surface area contributed by atoms with Crippen molar-refractivity contribution in [3.05, 3.63) is 136 Å². The molecule has 0 atom stereocenters. The van der Waals surface area contributed by atoms with Gasteiger partial charge in [0.15, 0.2) is 0 Å². The van der Waals surface area contributed by atoms with Gasteiger partial charge in [0.25, 0.3) is 0 Å². The summed E-state index contributed by atoms with van der Waals surface area (Å²) in [4.78, 5) is 4.63. The van der Waals surface area contributed by atoms with Gasteiger partial charge < -0.3 is 9.13 Å². The molecule has 0 saturated carbocycles. The van der Waals surface area contributed by atoms with Crippen LogP contribution < -0.4 is 0 Å². The number of rotatable bonds is 3. The largest absolute Gasteiger partial charge is 0.308 e. The van der Waals surface area contributed by atoms with Crippen molar-refractivity contribution >= 4 is 43.6 Å². The van der Waals surface area contributed by atoms with Crippen molar-refractivity contribution in [3.63, 3.8) is 0 Å². The minimum absolute atomic E-state index is 0.345. The van der Waals surface area contributed by atoms with Crippen LogP contribution in [0.15, 0.2) is 97.1 Å². The van der Waals surface area contributed by atoms with E-state index in [0.29, 0.717) is 39.2 Å². The van der Waals surface area contributed by atoms with Crippen molar-refractivity contribution in [1.82, 2.24) is 14.1 Å². The highest BCUT2D eigenvalue weighted by Gasteiger charge is 2.23. The molecule has 50 heavy (non-hydrogen) atoms. The fraction of sp³-hybridized carbons (Fsp3) is 0.0476. The van der Waals surface area contributed by atoms with Gasteiger partial charge >= 0.3 is 0 Å². The molecule has 8 rings (SSSR count). The summed E-state index contributed by atoms with van der Waals surface area (Å²) >= 11 is 0. The molecule has 3 heterocycles. The molecule has 0 amide bonds. The fourth-order valence-corrected chi connectivity index (χ4v) is 7.09. The molecule has 8 heteroatoms. The maximum Gasteiger partial charge on any atom is 0.101 e. The van der Waals surface area contributed by atoms with Crippen LogP contribution in [0, 0.1) is 70.5 Å². The first kappa shape index (κ1) is 29.7. The Balaban J connectivity index is 1.58. The van der Waals surface area contributed by atoms with Crippen LogP contribution in [0.25, 0.3) is 66.1 Å². The first-order valence-corrected chi connectivity index (χ1v) is 15.7. The number of pyridine rings is 1. The molecule has 0 bridgehead atoms. The van der Waals surface area contributed by atoms with Crippen LogP contribution in [0.5, 0.6) is 0 Å². The number of aryl methyl sites for hydroxylation is 2. The highest BCUT2D eigenvalue weighted by Crippen LogP contribution is 2.41. The van der Waals surface area contributed by atoms with Crippen molar-refractivity contribution in [2.24, 2.45) is 0 Å². The zero-order chi connectivity index (χ0) is 34.7. The van der Waals surface area contributed by atoms with Crippen LogP contribution in [0.3, 0.4) is 0 Å². The van der Waals surface area contributed by atoms with Gasteiger partial charge in [0.2, 0.25) is 0 Å². The summed E-state index contributed by atoms with van der Waals surface area (Å²) in [5.41, 5.74) is 9.68. The Labute approximate surface area is 286 Å². The molecule has 0 spiro atoms. The molecular formula is C42H22N8. The van der Waals surface area contributed by atoms with Gasteiger partial charge in [-0.25, -0.2) is 0 Å². The predicted octanol–water partition coefficient (Wildman–Crippen LogP) is 8.92. The average Bonchev–Trinajstić information content (AvgIpc) is 3.64. The van der Waals surface area contributed by atoms with Crippen molar-refractivity contribution in [3.8, 4) is 52.8 Å². The van der Waals surface area contributed by atoms with E-state index in [4.69, 9.17) is 0 Å². The maximum absolute atomic E-state index is 10.9. The summed E-state index contributed by atoms with van der Waals surface area (Å²) in [5.74, 6) is 0. The van der Waals surface area contributed by atoms with E-state index in [9.17, 15) is 26.3 Å². The third-order valence-electron chi connectivity index (χ3n) is 9.16. The number of nitriles is 5. The van der Waals surface area contributed by atoms with Crippen molar-refractivity contribution in [2.45, 2.75) is 13.8 Å². The predicted molar refractivity (Wildman–Crippen MR) is 191 cm³/mol. The number of hydrogen-bond acceptors (Lipinski definition) is 6. The molecular weight excluding hydrogens is 617 g/mol. The van der Waals surface area contributed by atoms with Gasteiger partial charge in [0, 0.05) is 38.5 Å². The van der Waals surface area contributed by atoms with E-state index in [1.54, 1.807) is 36.4 Å². The van der Waals surface area contributed by atoms with E-state index < -0.39 is 0 Å². The van der Waals surface area contributed by atoms with Crippen LogP contribution in [0.1, 0.15) is 39.2 Å². The third kappa shape index (κ3) is 4.45. The summed E-state index contributed by atoms with van der Waals surface area (Å²) in [5, 5.41) is 53.9.